The zero-order chi connectivity index (χ0) is 31.0. The molecule has 3 aromatic rings. The van der Waals surface area contributed by atoms with Gasteiger partial charge in [-0.3, -0.25) is 24.1 Å². The molecule has 0 radical (unpaired) electrons. The number of H-pyrrole nitrogens is 1. The van der Waals surface area contributed by atoms with Crippen LogP contribution in [0.5, 0.6) is 11.5 Å². The number of thioether (sulfide) groups is 1. The van der Waals surface area contributed by atoms with Crippen LogP contribution in [-0.2, 0) is 19.1 Å². The Labute approximate surface area is 275 Å². The van der Waals surface area contributed by atoms with Crippen LogP contribution in [0.1, 0.15) is 22.8 Å². The van der Waals surface area contributed by atoms with E-state index in [0.29, 0.717) is 43.5 Å². The minimum Gasteiger partial charge on any atom is -0.493 e. The average Bonchev–Trinajstić information content (AvgIpc) is 3.79. The smallest absolute Gasteiger partial charge is 0.305 e. The molecule has 5 aliphatic rings. The summed E-state index contributed by atoms with van der Waals surface area (Å²) < 4.78 is 17.9. The molecular weight excluding hydrogens is 682 g/mol. The molecule has 8 rings (SSSR count). The molecule has 4 heterocycles. The second-order valence-corrected chi connectivity index (χ2v) is 15.3. The van der Waals surface area contributed by atoms with Crippen LogP contribution in [0, 0.1) is 29.6 Å². The molecule has 13 heteroatoms. The highest BCUT2D eigenvalue weighted by Crippen LogP contribution is 2.68. The Balaban J connectivity index is 1.11. The lowest BCUT2D eigenvalue weighted by atomic mass is 9.68. The Hall–Kier alpha value is -3.13. The van der Waals surface area contributed by atoms with Crippen LogP contribution in [0.4, 0.5) is 5.69 Å². The van der Waals surface area contributed by atoms with Crippen molar-refractivity contribution in [2.24, 2.45) is 29.6 Å². The number of anilines is 1. The molecule has 2 aliphatic carbocycles. The van der Waals surface area contributed by atoms with E-state index in [2.05, 4.69) is 20.9 Å². The molecule has 10 nitrogen and oxygen atoms in total. The Kier molecular flexibility index (Phi) is 7.34. The summed E-state index contributed by atoms with van der Waals surface area (Å²) in [5, 5.41) is 0.922. The molecule has 4 fully saturated rings. The predicted molar refractivity (Wildman–Crippen MR) is 171 cm³/mol. The number of ether oxygens (including phenoxy) is 3. The topological polar surface area (TPSA) is 118 Å². The standard InChI is InChI=1S/C32H30BrN3O7S2/c1-41-21-12-15(2-7-20(21)43-14-22(37)35-8-10-42-11-9-35)23-24-18-13-19(27(24)44-29-28(23)45-32(40)34-29)26-25(18)30(38)36(31(26)39)17-5-3-16(33)4-6-17/h2-7,12,18-19,23-27H,8-11,13-14H2,1H3,(H,34,40)/t18-,19-,23+,24-,25+,26+,27-/m1/s1. The molecule has 2 saturated heterocycles. The number of halogens is 1. The van der Waals surface area contributed by atoms with Crippen molar-refractivity contribution in [2.75, 3.05) is 44.9 Å². The van der Waals surface area contributed by atoms with Crippen LogP contribution in [0.3, 0.4) is 0 Å². The second kappa shape index (κ2) is 11.3. The van der Waals surface area contributed by atoms with E-state index in [1.165, 1.54) is 16.2 Å². The van der Waals surface area contributed by atoms with E-state index in [1.54, 1.807) is 35.9 Å². The van der Waals surface area contributed by atoms with E-state index in [4.69, 9.17) is 14.2 Å². The van der Waals surface area contributed by atoms with Crippen LogP contribution >= 0.6 is 39.0 Å². The fourth-order valence-corrected chi connectivity index (χ4v) is 11.4. The summed E-state index contributed by atoms with van der Waals surface area (Å²) in [6.45, 7) is 2.01. The van der Waals surface area contributed by atoms with Gasteiger partial charge < -0.3 is 24.1 Å². The Bertz CT molecular complexity index is 1750. The van der Waals surface area contributed by atoms with Gasteiger partial charge in [-0.2, -0.15) is 0 Å². The van der Waals surface area contributed by atoms with Crippen LogP contribution in [0.2, 0.25) is 0 Å². The first-order valence-corrected chi connectivity index (χ1v) is 17.5. The van der Waals surface area contributed by atoms with Crippen LogP contribution < -0.4 is 19.2 Å². The number of amides is 3. The van der Waals surface area contributed by atoms with Crippen molar-refractivity contribution in [1.29, 1.82) is 0 Å². The van der Waals surface area contributed by atoms with Gasteiger partial charge in [0, 0.05) is 33.6 Å². The van der Waals surface area contributed by atoms with Crippen LogP contribution in [0.15, 0.2) is 56.8 Å². The van der Waals surface area contributed by atoms with Gasteiger partial charge in [-0.1, -0.05) is 33.3 Å². The number of carbonyl (C=O) groups excluding carboxylic acids is 3. The molecule has 2 aromatic carbocycles. The minimum absolute atomic E-state index is 0.00202. The first-order chi connectivity index (χ1) is 21.8. The third-order valence-corrected chi connectivity index (χ3v) is 13.2. The van der Waals surface area contributed by atoms with E-state index in [0.717, 1.165) is 26.4 Å². The number of methoxy groups -OCH3 is 1. The largest absolute Gasteiger partial charge is 0.493 e. The highest BCUT2D eigenvalue weighted by atomic mass is 79.9. The molecule has 3 aliphatic heterocycles. The number of benzene rings is 2. The Morgan fingerprint density at radius 2 is 1.76 bits per heavy atom. The maximum absolute atomic E-state index is 14.0. The van der Waals surface area contributed by atoms with Gasteiger partial charge in [0.05, 0.1) is 42.9 Å². The van der Waals surface area contributed by atoms with Crippen molar-refractivity contribution in [3.8, 4) is 11.5 Å². The average molecular weight is 713 g/mol. The highest BCUT2D eigenvalue weighted by molar-refractivity contribution is 9.10. The number of nitrogens with one attached hydrogen (secondary N) is 1. The van der Waals surface area contributed by atoms with Crippen molar-refractivity contribution in [3.63, 3.8) is 0 Å². The van der Waals surface area contributed by atoms with E-state index in [9.17, 15) is 19.2 Å². The Morgan fingerprint density at radius 3 is 2.49 bits per heavy atom. The van der Waals surface area contributed by atoms with E-state index < -0.39 is 0 Å². The molecule has 3 amide bonds. The van der Waals surface area contributed by atoms with Gasteiger partial charge in [-0.05, 0) is 66.1 Å². The van der Waals surface area contributed by atoms with Gasteiger partial charge in [-0.25, -0.2) is 0 Å². The van der Waals surface area contributed by atoms with Gasteiger partial charge in [-0.15, -0.1) is 11.8 Å². The molecular formula is C32H30BrN3O7S2. The monoisotopic (exact) mass is 711 g/mol. The number of rotatable bonds is 6. The summed E-state index contributed by atoms with van der Waals surface area (Å²) in [5.74, 6) is -0.212. The molecule has 7 atom stereocenters. The lowest BCUT2D eigenvalue weighted by Gasteiger charge is -2.43. The number of aromatic amines is 1. The van der Waals surface area contributed by atoms with Crippen molar-refractivity contribution >= 4 is 62.4 Å². The van der Waals surface area contributed by atoms with E-state index in [-0.39, 0.29) is 70.0 Å². The number of hydrogen-bond acceptors (Lipinski definition) is 9. The number of morpholine rings is 1. The third-order valence-electron chi connectivity index (χ3n) is 10.1. The van der Waals surface area contributed by atoms with Gasteiger partial charge in [0.15, 0.2) is 18.1 Å². The number of nitrogens with zero attached hydrogens (tertiary/aromatic N) is 2. The number of hydrogen-bond donors (Lipinski definition) is 1. The number of thiazole rings is 1. The SMILES string of the molecule is COc1cc([C@@H]2c3sc(=O)[nH]c3S[C@@H]3[C@@H]4C[C@@H]([C@@H]5C(=O)N(c6ccc(Br)cc6)C(=O)[C@@H]45)[C@H]23)ccc1OCC(=O)N1CCOCC1. The summed E-state index contributed by atoms with van der Waals surface area (Å²) in [6.07, 6.45) is 0.807. The third kappa shape index (κ3) is 4.68. The van der Waals surface area contributed by atoms with E-state index >= 15 is 0 Å². The molecule has 0 spiro atoms. The van der Waals surface area contributed by atoms with Crippen molar-refractivity contribution < 1.29 is 28.6 Å². The first-order valence-electron chi connectivity index (χ1n) is 15.0. The Morgan fingerprint density at radius 1 is 1.02 bits per heavy atom. The lowest BCUT2D eigenvalue weighted by Crippen LogP contribution is -2.43. The number of aromatic nitrogens is 1. The van der Waals surface area contributed by atoms with Crippen molar-refractivity contribution in [1.82, 2.24) is 9.88 Å². The molecule has 234 valence electrons. The van der Waals surface area contributed by atoms with Crippen molar-refractivity contribution in [3.05, 3.63) is 67.0 Å². The fraction of sp³-hybridized carbons (Fsp3) is 0.438. The zero-order valence-corrected chi connectivity index (χ0v) is 27.5. The zero-order valence-electron chi connectivity index (χ0n) is 24.3. The highest BCUT2D eigenvalue weighted by Gasteiger charge is 2.69. The summed E-state index contributed by atoms with van der Waals surface area (Å²) >= 11 is 6.31. The fourth-order valence-electron chi connectivity index (χ4n) is 8.28. The predicted octanol–water partition coefficient (Wildman–Crippen LogP) is 4.12. The maximum Gasteiger partial charge on any atom is 0.305 e. The first kappa shape index (κ1) is 29.3. The lowest BCUT2D eigenvalue weighted by molar-refractivity contribution is -0.137. The molecule has 1 N–H and O–H groups in total. The normalized spacial score (nSPS) is 29.9. The summed E-state index contributed by atoms with van der Waals surface area (Å²) in [5.41, 5.74) is 1.56. The quantitative estimate of drug-likeness (QED) is 0.380. The number of carbonyl (C=O) groups is 3. The maximum atomic E-state index is 14.0. The number of imide groups is 1. The van der Waals surface area contributed by atoms with Crippen molar-refractivity contribution in [2.45, 2.75) is 22.6 Å². The summed E-state index contributed by atoms with van der Waals surface area (Å²) in [6, 6.07) is 13.0. The van der Waals surface area contributed by atoms with E-state index in [1.807, 2.05) is 30.3 Å². The van der Waals surface area contributed by atoms with Gasteiger partial charge in [0.2, 0.25) is 11.8 Å². The van der Waals surface area contributed by atoms with Gasteiger partial charge in [0.25, 0.3) is 5.91 Å². The molecule has 2 bridgehead atoms. The van der Waals surface area contributed by atoms with Crippen LogP contribution in [0.25, 0.3) is 0 Å². The van der Waals surface area contributed by atoms with Gasteiger partial charge in [0.1, 0.15) is 0 Å². The summed E-state index contributed by atoms with van der Waals surface area (Å²) in [7, 11) is 1.57. The molecule has 2 saturated carbocycles. The molecule has 1 aromatic heterocycles. The van der Waals surface area contributed by atoms with Crippen LogP contribution in [-0.4, -0.2) is 72.9 Å². The molecule has 45 heavy (non-hydrogen) atoms. The summed E-state index contributed by atoms with van der Waals surface area (Å²) in [4.78, 5) is 60.2. The van der Waals surface area contributed by atoms with Gasteiger partial charge >= 0.3 is 4.87 Å². The number of fused-ring (bicyclic) bond motifs is 9. The second-order valence-electron chi connectivity index (χ2n) is 12.1. The molecule has 0 unspecified atom stereocenters. The minimum atomic E-state index is -0.386.